The van der Waals surface area contributed by atoms with Crippen molar-refractivity contribution in [3.05, 3.63) is 17.2 Å². The second-order valence-electron chi connectivity index (χ2n) is 9.99. The summed E-state index contributed by atoms with van der Waals surface area (Å²) in [6.45, 7) is 1.53. The average Bonchev–Trinajstić information content (AvgIpc) is 3.12. The van der Waals surface area contributed by atoms with Gasteiger partial charge in [0.1, 0.15) is 17.9 Å². The predicted molar refractivity (Wildman–Crippen MR) is 141 cm³/mol. The fourth-order valence-electron chi connectivity index (χ4n) is 7.17. The highest BCUT2D eigenvalue weighted by molar-refractivity contribution is 5.86. The molecule has 0 unspecified atom stereocenters. The summed E-state index contributed by atoms with van der Waals surface area (Å²) in [5.74, 6) is 1.03. The number of likely N-dealkylation sites (N-methyl/N-ethyl adjacent to an activating group) is 1. The highest BCUT2D eigenvalue weighted by Gasteiger charge is 2.66. The molecule has 1 spiro atoms. The first-order valence-corrected chi connectivity index (χ1v) is 11.9. The van der Waals surface area contributed by atoms with Crippen molar-refractivity contribution in [2.24, 2.45) is 11.7 Å². The van der Waals surface area contributed by atoms with Gasteiger partial charge < -0.3 is 30.3 Å². The van der Waals surface area contributed by atoms with E-state index in [2.05, 4.69) is 17.3 Å². The van der Waals surface area contributed by atoms with Gasteiger partial charge >= 0.3 is 5.97 Å². The van der Waals surface area contributed by atoms with E-state index in [1.807, 2.05) is 0 Å². The number of benzene rings is 1. The number of nitrogens with two attached hydrogens (primary N) is 1. The van der Waals surface area contributed by atoms with Crippen LogP contribution in [-0.2, 0) is 16.6 Å². The van der Waals surface area contributed by atoms with E-state index in [0.29, 0.717) is 30.7 Å². The Labute approximate surface area is 225 Å². The van der Waals surface area contributed by atoms with Gasteiger partial charge in [-0.1, -0.05) is 6.42 Å². The Morgan fingerprint density at radius 2 is 2.09 bits per heavy atom. The third-order valence-electron chi connectivity index (χ3n) is 8.56. The molecule has 2 aliphatic carbocycles. The molecule has 35 heavy (non-hydrogen) atoms. The number of carboxylic acid groups (broad SMARTS) is 1. The minimum absolute atomic E-state index is 0. The molecule has 8 nitrogen and oxygen atoms in total. The number of nitrogens with zero attached hydrogens (tertiary/aromatic N) is 1. The molecular formula is C24H38Cl3N3O5. The maximum Gasteiger partial charge on any atom is 0.320 e. The van der Waals surface area contributed by atoms with Gasteiger partial charge in [0.2, 0.25) is 0 Å². The first-order chi connectivity index (χ1) is 15.4. The van der Waals surface area contributed by atoms with E-state index in [0.717, 1.165) is 61.9 Å². The van der Waals surface area contributed by atoms with Gasteiger partial charge in [0.25, 0.3) is 0 Å². The Bertz CT molecular complexity index is 923. The van der Waals surface area contributed by atoms with E-state index in [1.165, 1.54) is 0 Å². The summed E-state index contributed by atoms with van der Waals surface area (Å²) in [4.78, 5) is 14.5. The number of phenols is 1. The van der Waals surface area contributed by atoms with Crippen molar-refractivity contribution in [1.29, 1.82) is 0 Å². The van der Waals surface area contributed by atoms with Gasteiger partial charge in [-0.15, -0.1) is 37.2 Å². The van der Waals surface area contributed by atoms with Crippen molar-refractivity contribution in [2.45, 2.75) is 74.6 Å². The van der Waals surface area contributed by atoms with Gasteiger partial charge in [-0.25, -0.2) is 0 Å². The predicted octanol–water partition coefficient (Wildman–Crippen LogP) is 2.88. The molecular weight excluding hydrogens is 517 g/mol. The molecule has 2 aliphatic heterocycles. The number of halogens is 3. The van der Waals surface area contributed by atoms with Crippen LogP contribution in [0.3, 0.4) is 0 Å². The van der Waals surface area contributed by atoms with Crippen LogP contribution in [0.2, 0.25) is 0 Å². The quantitative estimate of drug-likeness (QED) is 0.363. The summed E-state index contributed by atoms with van der Waals surface area (Å²) in [5, 5.41) is 24.1. The molecule has 2 bridgehead atoms. The lowest BCUT2D eigenvalue weighted by Gasteiger charge is -2.59. The second kappa shape index (κ2) is 11.5. The molecule has 0 amide bonds. The van der Waals surface area contributed by atoms with Crippen LogP contribution in [0.15, 0.2) is 6.07 Å². The zero-order chi connectivity index (χ0) is 22.6. The lowest BCUT2D eigenvalue weighted by molar-refractivity contribution is -0.140. The maximum atomic E-state index is 12.0. The van der Waals surface area contributed by atoms with Gasteiger partial charge in [-0.3, -0.25) is 10.1 Å². The van der Waals surface area contributed by atoms with E-state index in [9.17, 15) is 15.0 Å². The monoisotopic (exact) mass is 553 g/mol. The SMILES string of the molecule is COc1cc(O)c2c3c1C[C@@H]1[C@@H]4CC[C@@H](N[C@@H](CCCCN)C(=O)O)[C@H](O2)[C@]34CCN1C.Cl.Cl.Cl. The van der Waals surface area contributed by atoms with Crippen LogP contribution in [-0.4, -0.2) is 72.6 Å². The largest absolute Gasteiger partial charge is 0.504 e. The number of nitrogens with one attached hydrogen (secondary N) is 1. The number of aromatic hydroxyl groups is 1. The van der Waals surface area contributed by atoms with Crippen molar-refractivity contribution in [3.63, 3.8) is 0 Å². The minimum Gasteiger partial charge on any atom is -0.504 e. The number of hydrogen-bond donors (Lipinski definition) is 4. The lowest BCUT2D eigenvalue weighted by atomic mass is 9.51. The number of methoxy groups -OCH3 is 1. The third-order valence-corrected chi connectivity index (χ3v) is 8.56. The van der Waals surface area contributed by atoms with Crippen LogP contribution < -0.4 is 20.5 Å². The molecule has 2 fully saturated rings. The molecule has 200 valence electrons. The fraction of sp³-hybridized carbons (Fsp3) is 0.708. The molecule has 4 aliphatic rings. The summed E-state index contributed by atoms with van der Waals surface area (Å²) < 4.78 is 12.2. The Morgan fingerprint density at radius 3 is 2.74 bits per heavy atom. The van der Waals surface area contributed by atoms with Gasteiger partial charge in [-0.05, 0) is 64.6 Å². The molecule has 1 saturated carbocycles. The Kier molecular flexibility index (Phi) is 9.87. The van der Waals surface area contributed by atoms with Crippen molar-refractivity contribution < 1.29 is 24.5 Å². The molecule has 2 heterocycles. The van der Waals surface area contributed by atoms with Gasteiger partial charge in [0, 0.05) is 34.7 Å². The topological polar surface area (TPSA) is 117 Å². The van der Waals surface area contributed by atoms with E-state index < -0.39 is 12.0 Å². The maximum absolute atomic E-state index is 12.0. The number of carboxylic acids is 1. The molecule has 1 aromatic carbocycles. The Balaban J connectivity index is 0.00000144. The van der Waals surface area contributed by atoms with E-state index in [-0.39, 0.29) is 60.5 Å². The normalized spacial score (nSPS) is 30.5. The van der Waals surface area contributed by atoms with E-state index >= 15 is 0 Å². The molecule has 0 aromatic heterocycles. The molecule has 0 radical (unpaired) electrons. The Hall–Kier alpha value is -1.16. The summed E-state index contributed by atoms with van der Waals surface area (Å²) in [6.07, 6.45) is 5.66. The summed E-state index contributed by atoms with van der Waals surface area (Å²) in [6, 6.07) is 1.36. The smallest absolute Gasteiger partial charge is 0.320 e. The van der Waals surface area contributed by atoms with Gasteiger partial charge in [-0.2, -0.15) is 0 Å². The number of phenolic OH excluding ortho intramolecular Hbond substituents is 1. The molecule has 6 atom stereocenters. The number of piperidine rings is 1. The first-order valence-electron chi connectivity index (χ1n) is 11.9. The zero-order valence-electron chi connectivity index (χ0n) is 20.2. The van der Waals surface area contributed by atoms with Crippen molar-refractivity contribution in [1.82, 2.24) is 10.2 Å². The number of aliphatic carboxylic acids is 1. The van der Waals surface area contributed by atoms with Crippen molar-refractivity contribution in [3.8, 4) is 17.2 Å². The van der Waals surface area contributed by atoms with Crippen LogP contribution in [0.5, 0.6) is 17.2 Å². The molecule has 1 saturated heterocycles. The van der Waals surface area contributed by atoms with Crippen LogP contribution in [0, 0.1) is 5.92 Å². The van der Waals surface area contributed by atoms with Crippen LogP contribution >= 0.6 is 37.2 Å². The van der Waals surface area contributed by atoms with Gasteiger partial charge in [0.05, 0.1) is 7.11 Å². The fourth-order valence-corrected chi connectivity index (χ4v) is 7.17. The van der Waals surface area contributed by atoms with Crippen LogP contribution in [0.1, 0.15) is 49.7 Å². The van der Waals surface area contributed by atoms with E-state index in [4.69, 9.17) is 15.2 Å². The van der Waals surface area contributed by atoms with Crippen LogP contribution in [0.4, 0.5) is 0 Å². The molecule has 5 N–H and O–H groups in total. The first kappa shape index (κ1) is 30.1. The number of ether oxygens (including phenoxy) is 2. The standard InChI is InChI=1S/C24H35N3O5.3ClH/c1-27-10-8-24-14-6-7-15(26-16(23(29)30)5-3-4-9-25)22(24)32-21-18(28)12-19(31-2)13(20(21)24)11-17(14)27;;;/h12,14-17,22,26,28H,3-11,25H2,1-2H3,(H,29,30);3*1H/t14-,15+,16-,17+,22-,24-;;;/m0.../s1. The van der Waals surface area contributed by atoms with Crippen molar-refractivity contribution in [2.75, 3.05) is 27.2 Å². The molecule has 5 rings (SSSR count). The molecule has 1 aromatic rings. The zero-order valence-corrected chi connectivity index (χ0v) is 22.6. The number of unbranched alkanes of at least 4 members (excludes halogenated alkanes) is 1. The van der Waals surface area contributed by atoms with Gasteiger partial charge in [0.15, 0.2) is 11.5 Å². The second-order valence-corrected chi connectivity index (χ2v) is 9.99. The summed E-state index contributed by atoms with van der Waals surface area (Å²) in [7, 11) is 3.85. The summed E-state index contributed by atoms with van der Waals surface area (Å²) in [5.41, 5.74) is 7.66. The lowest BCUT2D eigenvalue weighted by Crippen LogP contribution is -2.68. The number of hydrogen-bond acceptors (Lipinski definition) is 7. The average molecular weight is 555 g/mol. The number of likely N-dealkylation sites (tertiary alicyclic amines) is 1. The highest BCUT2D eigenvalue weighted by Crippen LogP contribution is 2.65. The molecule has 11 heteroatoms. The third kappa shape index (κ3) is 4.55. The number of rotatable bonds is 8. The minimum atomic E-state index is -0.827. The van der Waals surface area contributed by atoms with E-state index in [1.54, 1.807) is 13.2 Å². The van der Waals surface area contributed by atoms with Crippen LogP contribution in [0.25, 0.3) is 0 Å². The highest BCUT2D eigenvalue weighted by atomic mass is 35.5. The number of carbonyl (C=O) groups is 1. The Morgan fingerprint density at radius 1 is 1.34 bits per heavy atom. The van der Waals surface area contributed by atoms with Crippen molar-refractivity contribution >= 4 is 43.2 Å². The summed E-state index contributed by atoms with van der Waals surface area (Å²) >= 11 is 0.